The molecule has 46 heavy (non-hydrogen) atoms. The van der Waals surface area contributed by atoms with Gasteiger partial charge in [-0.2, -0.15) is 0 Å². The van der Waals surface area contributed by atoms with Crippen LogP contribution in [-0.2, 0) is 17.8 Å². The molecule has 0 radical (unpaired) electrons. The van der Waals surface area contributed by atoms with Crippen LogP contribution in [0.15, 0.2) is 61.1 Å². The molecular formula is C35H43N9O2. The highest BCUT2D eigenvalue weighted by Crippen LogP contribution is 2.40. The summed E-state index contributed by atoms with van der Waals surface area (Å²) in [4.78, 5) is 26.4. The van der Waals surface area contributed by atoms with Gasteiger partial charge in [0.25, 0.3) is 0 Å². The standard InChI is InChI=1S/C35H43N9O2/c1-8-32(45)39-28-17-29(31(46-7)18-30(28)43(6)16-15-42(4)5)40-35-38-20-26(25(19-36)22(2)37-3)33(41-35)27-21-44-14-10-12-23-11-9-13-24(27)34(23)44/h8-9,11,13,17-21,36-37H,1,10,12,14-16H2,2-7H3,(H,39,45)(H,38,40,41)/b25-22+,36-19?. The molecule has 2 aromatic carbocycles. The number of ether oxygens (including phenoxy) is 1. The topological polar surface area (TPSA) is 123 Å². The van der Waals surface area contributed by atoms with E-state index < -0.39 is 0 Å². The second-order valence-corrected chi connectivity index (χ2v) is 11.7. The number of allylic oxidation sites excluding steroid dienone is 2. The van der Waals surface area contributed by atoms with Crippen molar-refractivity contribution < 1.29 is 9.53 Å². The monoisotopic (exact) mass is 621 g/mol. The Balaban J connectivity index is 1.65. The van der Waals surface area contributed by atoms with Crippen molar-refractivity contribution in [3.05, 3.63) is 72.2 Å². The predicted molar refractivity (Wildman–Crippen MR) is 189 cm³/mol. The van der Waals surface area contributed by atoms with Crippen molar-refractivity contribution in [2.45, 2.75) is 26.3 Å². The maximum absolute atomic E-state index is 12.5. The molecule has 5 rings (SSSR count). The number of aromatic nitrogens is 3. The van der Waals surface area contributed by atoms with Crippen molar-refractivity contribution in [3.63, 3.8) is 0 Å². The number of anilines is 4. The van der Waals surface area contributed by atoms with Gasteiger partial charge in [-0.15, -0.1) is 0 Å². The zero-order valence-corrected chi connectivity index (χ0v) is 27.5. The molecule has 1 aliphatic rings. The van der Waals surface area contributed by atoms with Gasteiger partial charge in [0.1, 0.15) is 5.75 Å². The summed E-state index contributed by atoms with van der Waals surface area (Å²) in [5.74, 6) is 0.598. The van der Waals surface area contributed by atoms with Gasteiger partial charge in [0.2, 0.25) is 11.9 Å². The summed E-state index contributed by atoms with van der Waals surface area (Å²) in [6.45, 7) is 8.06. The van der Waals surface area contributed by atoms with Crippen LogP contribution in [0.1, 0.15) is 24.5 Å². The molecule has 4 aromatic rings. The normalized spacial score (nSPS) is 12.8. The third-order valence-corrected chi connectivity index (χ3v) is 8.39. The van der Waals surface area contributed by atoms with Gasteiger partial charge in [0, 0.05) is 86.2 Å². The maximum Gasteiger partial charge on any atom is 0.247 e. The molecule has 0 saturated heterocycles. The van der Waals surface area contributed by atoms with Gasteiger partial charge in [-0.05, 0) is 51.6 Å². The van der Waals surface area contributed by atoms with E-state index in [0.29, 0.717) is 34.3 Å². The van der Waals surface area contributed by atoms with Crippen LogP contribution in [-0.4, -0.2) is 79.9 Å². The van der Waals surface area contributed by atoms with E-state index in [9.17, 15) is 4.79 Å². The van der Waals surface area contributed by atoms with E-state index in [2.05, 4.69) is 61.3 Å². The Hall–Kier alpha value is -5.16. The summed E-state index contributed by atoms with van der Waals surface area (Å²) in [6.07, 6.45) is 8.64. The summed E-state index contributed by atoms with van der Waals surface area (Å²) in [7, 11) is 9.46. The minimum absolute atomic E-state index is 0.319. The van der Waals surface area contributed by atoms with E-state index in [0.717, 1.165) is 60.4 Å². The molecule has 1 amide bonds. The number of aryl methyl sites for hydroxylation is 2. The third kappa shape index (κ3) is 6.45. The number of hydrogen-bond donors (Lipinski definition) is 4. The van der Waals surface area contributed by atoms with Gasteiger partial charge in [0.15, 0.2) is 0 Å². The number of likely N-dealkylation sites (N-methyl/N-ethyl adjacent to an activating group) is 2. The molecule has 4 N–H and O–H groups in total. The Morgan fingerprint density at radius 3 is 2.70 bits per heavy atom. The summed E-state index contributed by atoms with van der Waals surface area (Å²) >= 11 is 0. The van der Waals surface area contributed by atoms with Crippen LogP contribution >= 0.6 is 0 Å². The minimum atomic E-state index is -0.319. The quantitative estimate of drug-likeness (QED) is 0.114. The molecule has 0 saturated carbocycles. The first-order valence-corrected chi connectivity index (χ1v) is 15.3. The number of hydrogen-bond acceptors (Lipinski definition) is 9. The van der Waals surface area contributed by atoms with Crippen molar-refractivity contribution in [1.82, 2.24) is 24.8 Å². The van der Waals surface area contributed by atoms with Crippen molar-refractivity contribution >= 4 is 51.6 Å². The molecule has 0 unspecified atom stereocenters. The fourth-order valence-corrected chi connectivity index (χ4v) is 5.84. The lowest BCUT2D eigenvalue weighted by atomic mass is 9.98. The fraction of sp³-hybridized carbons (Fsp3) is 0.314. The number of rotatable bonds is 13. The largest absolute Gasteiger partial charge is 0.494 e. The molecule has 1 aliphatic heterocycles. The smallest absolute Gasteiger partial charge is 0.247 e. The van der Waals surface area contributed by atoms with Crippen molar-refractivity contribution in [2.75, 3.05) is 63.9 Å². The SMILES string of the molecule is C=CC(=O)Nc1cc(Nc2ncc(/C(C=N)=C(\C)NC)c(-c3cn4c5c(cccc35)CCC4)n2)c(OC)cc1N(C)CCN(C)C. The summed E-state index contributed by atoms with van der Waals surface area (Å²) < 4.78 is 8.13. The van der Waals surface area contributed by atoms with Gasteiger partial charge in [-0.1, -0.05) is 24.8 Å². The second-order valence-electron chi connectivity index (χ2n) is 11.7. The Morgan fingerprint density at radius 2 is 2.00 bits per heavy atom. The van der Waals surface area contributed by atoms with E-state index >= 15 is 0 Å². The predicted octanol–water partition coefficient (Wildman–Crippen LogP) is 5.52. The first kappa shape index (κ1) is 32.2. The molecule has 0 fully saturated rings. The van der Waals surface area contributed by atoms with Crippen LogP contribution < -0.4 is 25.6 Å². The lowest BCUT2D eigenvalue weighted by molar-refractivity contribution is -0.111. The van der Waals surface area contributed by atoms with Crippen LogP contribution in [0.2, 0.25) is 0 Å². The summed E-state index contributed by atoms with van der Waals surface area (Å²) in [5, 5.41) is 18.9. The first-order chi connectivity index (χ1) is 22.2. The minimum Gasteiger partial charge on any atom is -0.494 e. The lowest BCUT2D eigenvalue weighted by Crippen LogP contribution is -2.29. The van der Waals surface area contributed by atoms with Gasteiger partial charge in [-0.25, -0.2) is 9.97 Å². The molecular weight excluding hydrogens is 578 g/mol. The van der Waals surface area contributed by atoms with Crippen LogP contribution in [0.3, 0.4) is 0 Å². The molecule has 0 atom stereocenters. The number of methoxy groups -OCH3 is 1. The molecule has 11 heteroatoms. The average Bonchev–Trinajstić information content (AvgIpc) is 3.44. The van der Waals surface area contributed by atoms with Crippen LogP contribution in [0, 0.1) is 5.41 Å². The van der Waals surface area contributed by atoms with Gasteiger partial charge in [-0.3, -0.25) is 4.79 Å². The molecule has 0 spiro atoms. The average molecular weight is 622 g/mol. The van der Waals surface area contributed by atoms with E-state index in [1.165, 1.54) is 23.4 Å². The molecule has 240 valence electrons. The second kappa shape index (κ2) is 13.9. The molecule has 0 bridgehead atoms. The maximum atomic E-state index is 12.5. The van der Waals surface area contributed by atoms with Crippen molar-refractivity contribution in [1.29, 1.82) is 5.41 Å². The van der Waals surface area contributed by atoms with E-state index in [-0.39, 0.29) is 5.91 Å². The van der Waals surface area contributed by atoms with Gasteiger partial charge >= 0.3 is 0 Å². The number of benzene rings is 2. The molecule has 3 heterocycles. The highest BCUT2D eigenvalue weighted by Gasteiger charge is 2.23. The Kier molecular flexibility index (Phi) is 9.72. The highest BCUT2D eigenvalue weighted by molar-refractivity contribution is 6.13. The Labute approximate surface area is 270 Å². The molecule has 2 aromatic heterocycles. The van der Waals surface area contributed by atoms with Crippen LogP contribution in [0.4, 0.5) is 23.0 Å². The first-order valence-electron chi connectivity index (χ1n) is 15.3. The summed E-state index contributed by atoms with van der Waals surface area (Å²) in [5.41, 5.74) is 8.52. The Morgan fingerprint density at radius 1 is 1.20 bits per heavy atom. The summed E-state index contributed by atoms with van der Waals surface area (Å²) in [6, 6.07) is 10.2. The van der Waals surface area contributed by atoms with Crippen molar-refractivity contribution in [2.24, 2.45) is 0 Å². The zero-order valence-electron chi connectivity index (χ0n) is 27.5. The number of carbonyl (C=O) groups excluding carboxylic acids is 1. The Bertz CT molecular complexity index is 1820. The van der Waals surface area contributed by atoms with E-state index in [4.69, 9.17) is 20.1 Å². The number of nitrogens with zero attached hydrogens (tertiary/aromatic N) is 5. The van der Waals surface area contributed by atoms with E-state index in [1.807, 2.05) is 47.2 Å². The number of amides is 1. The third-order valence-electron chi connectivity index (χ3n) is 8.39. The van der Waals surface area contributed by atoms with E-state index in [1.54, 1.807) is 13.3 Å². The van der Waals surface area contributed by atoms with Crippen molar-refractivity contribution in [3.8, 4) is 17.0 Å². The number of carbonyl (C=O) groups is 1. The zero-order chi connectivity index (χ0) is 33.0. The number of nitrogens with one attached hydrogen (secondary N) is 4. The lowest BCUT2D eigenvalue weighted by Gasteiger charge is -2.26. The van der Waals surface area contributed by atoms with Crippen LogP contribution in [0.25, 0.3) is 27.7 Å². The number of para-hydroxylation sites is 1. The van der Waals surface area contributed by atoms with Gasteiger partial charge in [0.05, 0.1) is 35.4 Å². The fourth-order valence-electron chi connectivity index (χ4n) is 5.84. The molecule has 0 aliphatic carbocycles. The van der Waals surface area contributed by atoms with Crippen LogP contribution in [0.5, 0.6) is 5.75 Å². The molecule has 11 nitrogen and oxygen atoms in total. The van der Waals surface area contributed by atoms with Gasteiger partial charge < -0.3 is 40.5 Å². The highest BCUT2D eigenvalue weighted by atomic mass is 16.5.